The Labute approximate surface area is 300 Å². The Morgan fingerprint density at radius 1 is 1.12 bits per heavy atom. The van der Waals surface area contributed by atoms with Crippen molar-refractivity contribution in [3.8, 4) is 5.69 Å². The number of halogens is 3. The topological polar surface area (TPSA) is 169 Å². The number of allylic oxidation sites excluding steroid dienone is 1. The van der Waals surface area contributed by atoms with Gasteiger partial charge in [0.05, 0.1) is 39.7 Å². The summed E-state index contributed by atoms with van der Waals surface area (Å²) < 4.78 is 75.0. The van der Waals surface area contributed by atoms with Gasteiger partial charge in [-0.25, -0.2) is 17.9 Å². The number of sulfonamides is 1. The molecule has 4 amide bonds. The van der Waals surface area contributed by atoms with Gasteiger partial charge in [-0.15, -0.1) is 13.2 Å². The molecule has 0 unspecified atom stereocenters. The Kier molecular flexibility index (Phi) is 11.2. The molecule has 0 aliphatic heterocycles. The Morgan fingerprint density at radius 3 is 2.42 bits per heavy atom. The SMILES string of the molecule is C=CCCCCN(C)C(=O)[C@@H]1C[C@H](OC(=O)Nc2cc(C(F)(F)F)ccc2-n2ccc(C)n2)C[C@H]1C(=O)N[C@]1(C(=O)NS(=O)(=O)C2CC2)C[C@H]1C=C. The number of benzene rings is 1. The number of nitrogens with zero attached hydrogens (tertiary/aromatic N) is 3. The lowest BCUT2D eigenvalue weighted by Crippen LogP contribution is -2.54. The van der Waals surface area contributed by atoms with Gasteiger partial charge >= 0.3 is 12.3 Å². The minimum atomic E-state index is -4.71. The molecule has 282 valence electrons. The highest BCUT2D eigenvalue weighted by atomic mass is 32.2. The van der Waals surface area contributed by atoms with Crippen molar-refractivity contribution in [2.24, 2.45) is 17.8 Å². The first-order valence-electron chi connectivity index (χ1n) is 17.1. The third-order valence-corrected chi connectivity index (χ3v) is 11.6. The molecule has 17 heteroatoms. The number of hydrogen-bond donors (Lipinski definition) is 3. The summed E-state index contributed by atoms with van der Waals surface area (Å²) in [5.41, 5.74) is -2.12. The van der Waals surface area contributed by atoms with Crippen molar-refractivity contribution in [1.82, 2.24) is 24.7 Å². The summed E-state index contributed by atoms with van der Waals surface area (Å²) in [6, 6.07) is 4.41. The minimum absolute atomic E-state index is 0.0880. The van der Waals surface area contributed by atoms with E-state index in [-0.39, 0.29) is 30.6 Å². The molecule has 1 aromatic carbocycles. The van der Waals surface area contributed by atoms with Gasteiger partial charge in [-0.1, -0.05) is 12.2 Å². The molecule has 3 aliphatic carbocycles. The molecule has 3 saturated carbocycles. The normalized spacial score (nSPS) is 24.0. The first kappa shape index (κ1) is 38.6. The van der Waals surface area contributed by atoms with E-state index in [4.69, 9.17) is 4.74 Å². The zero-order valence-electron chi connectivity index (χ0n) is 28.9. The fourth-order valence-corrected chi connectivity index (χ4v) is 7.93. The number of alkyl halides is 3. The number of anilines is 1. The van der Waals surface area contributed by atoms with E-state index in [9.17, 15) is 40.8 Å². The summed E-state index contributed by atoms with van der Waals surface area (Å²) in [5.74, 6) is -4.64. The first-order chi connectivity index (χ1) is 24.5. The lowest BCUT2D eigenvalue weighted by molar-refractivity contribution is -0.140. The van der Waals surface area contributed by atoms with Gasteiger partial charge < -0.3 is 15.0 Å². The van der Waals surface area contributed by atoms with Crippen molar-refractivity contribution in [1.29, 1.82) is 0 Å². The molecule has 0 bridgehead atoms. The molecule has 5 rings (SSSR count). The van der Waals surface area contributed by atoms with Crippen molar-refractivity contribution in [2.75, 3.05) is 18.9 Å². The number of aryl methyl sites for hydroxylation is 1. The lowest BCUT2D eigenvalue weighted by atomic mass is 9.93. The van der Waals surface area contributed by atoms with Crippen LogP contribution in [0.1, 0.15) is 62.6 Å². The maximum Gasteiger partial charge on any atom is 0.416 e. The number of aromatic nitrogens is 2. The van der Waals surface area contributed by atoms with E-state index >= 15 is 0 Å². The Balaban J connectivity index is 1.35. The molecule has 3 aliphatic rings. The molecular weight excluding hydrogens is 705 g/mol. The van der Waals surface area contributed by atoms with E-state index in [1.807, 2.05) is 0 Å². The van der Waals surface area contributed by atoms with Crippen LogP contribution in [0.4, 0.5) is 23.7 Å². The quantitative estimate of drug-likeness (QED) is 0.175. The number of amides is 4. The van der Waals surface area contributed by atoms with Crippen molar-refractivity contribution in [3.63, 3.8) is 0 Å². The summed E-state index contributed by atoms with van der Waals surface area (Å²) >= 11 is 0. The van der Waals surface area contributed by atoms with Gasteiger partial charge in [0, 0.05) is 25.7 Å². The van der Waals surface area contributed by atoms with Crippen LogP contribution in [0.5, 0.6) is 0 Å². The molecule has 13 nitrogen and oxygen atoms in total. The minimum Gasteiger partial charge on any atom is -0.446 e. The maximum atomic E-state index is 13.9. The van der Waals surface area contributed by atoms with Gasteiger partial charge in [0.2, 0.25) is 21.8 Å². The Hall–Kier alpha value is -4.67. The highest BCUT2D eigenvalue weighted by molar-refractivity contribution is 7.91. The van der Waals surface area contributed by atoms with Crippen molar-refractivity contribution < 1.29 is 45.5 Å². The highest BCUT2D eigenvalue weighted by Crippen LogP contribution is 2.46. The van der Waals surface area contributed by atoms with Gasteiger partial charge in [0.1, 0.15) is 11.6 Å². The number of carbonyl (C=O) groups excluding carboxylic acids is 4. The fraction of sp³-hybridized carbons (Fsp3) is 0.514. The van der Waals surface area contributed by atoms with Crippen LogP contribution in [0.2, 0.25) is 0 Å². The second kappa shape index (κ2) is 15.1. The number of carbonyl (C=O) groups is 4. The average molecular weight is 749 g/mol. The molecule has 0 spiro atoms. The molecular formula is C35H43F3N6O7S. The van der Waals surface area contributed by atoms with Crippen LogP contribution in [-0.4, -0.2) is 77.4 Å². The second-order valence-corrected chi connectivity index (χ2v) is 15.7. The third kappa shape index (κ3) is 8.68. The van der Waals surface area contributed by atoms with Crippen LogP contribution in [0.15, 0.2) is 55.8 Å². The van der Waals surface area contributed by atoms with Gasteiger partial charge in [-0.05, 0) is 82.6 Å². The standard InChI is InChI=1S/C35H43F3N6O7S/c1-5-7-8-9-15-43(4)31(46)27-19-24(18-26(27)30(45)40-34(20-22(34)6-2)32(47)42-52(49,50)25-11-12-25)51-33(48)39-28-17-23(35(36,37)38)10-13-29(28)44-16-14-21(3)41-44/h5-6,10,13-14,16-17,22,24-27H,1-2,7-9,11-12,15,18-20H2,3-4H3,(H,39,48)(H,40,45)(H,42,47)/t22-,24-,26-,27-,34-/m1/s1. The second-order valence-electron chi connectivity index (χ2n) is 13.7. The average Bonchev–Trinajstić information content (AvgIpc) is 3.98. The van der Waals surface area contributed by atoms with Crippen LogP contribution >= 0.6 is 0 Å². The third-order valence-electron chi connectivity index (χ3n) is 9.75. The predicted molar refractivity (Wildman–Crippen MR) is 184 cm³/mol. The summed E-state index contributed by atoms with van der Waals surface area (Å²) in [6.45, 7) is 9.46. The number of unbranched alkanes of at least 4 members (excludes halogenated alkanes) is 2. The van der Waals surface area contributed by atoms with Gasteiger partial charge in [-0.3, -0.25) is 24.4 Å². The van der Waals surface area contributed by atoms with Crippen LogP contribution in [0.3, 0.4) is 0 Å². The maximum absolute atomic E-state index is 13.9. The van der Waals surface area contributed by atoms with E-state index in [2.05, 4.69) is 33.6 Å². The summed E-state index contributed by atoms with van der Waals surface area (Å²) in [4.78, 5) is 55.7. The van der Waals surface area contributed by atoms with Crippen molar-refractivity contribution >= 4 is 39.5 Å². The molecule has 3 N–H and O–H groups in total. The Bertz CT molecular complexity index is 1840. The zero-order chi connectivity index (χ0) is 38.0. The predicted octanol–water partition coefficient (Wildman–Crippen LogP) is 4.63. The van der Waals surface area contributed by atoms with Gasteiger partial charge in [0.15, 0.2) is 0 Å². The van der Waals surface area contributed by atoms with E-state index in [1.54, 1.807) is 26.1 Å². The van der Waals surface area contributed by atoms with E-state index < -0.39 is 80.2 Å². The summed E-state index contributed by atoms with van der Waals surface area (Å²) in [7, 11) is -2.34. The van der Waals surface area contributed by atoms with Gasteiger partial charge in [0.25, 0.3) is 5.91 Å². The van der Waals surface area contributed by atoms with Crippen LogP contribution in [-0.2, 0) is 35.3 Å². The molecule has 0 saturated heterocycles. The lowest BCUT2D eigenvalue weighted by Gasteiger charge is -2.26. The molecule has 5 atom stereocenters. The Morgan fingerprint density at radius 2 is 1.83 bits per heavy atom. The van der Waals surface area contributed by atoms with E-state index in [0.717, 1.165) is 31.0 Å². The molecule has 2 aromatic rings. The monoisotopic (exact) mass is 748 g/mol. The molecule has 1 aromatic heterocycles. The number of ether oxygens (including phenoxy) is 1. The summed E-state index contributed by atoms with van der Waals surface area (Å²) in [5, 5.41) is 8.62. The van der Waals surface area contributed by atoms with Crippen LogP contribution < -0.4 is 15.4 Å². The summed E-state index contributed by atoms with van der Waals surface area (Å²) in [6.07, 6.45) is 0.782. The molecule has 3 fully saturated rings. The van der Waals surface area contributed by atoms with Crippen molar-refractivity contribution in [3.05, 3.63) is 67.0 Å². The fourth-order valence-electron chi connectivity index (χ4n) is 6.56. The number of rotatable bonds is 15. The molecule has 0 radical (unpaired) electrons. The zero-order valence-corrected chi connectivity index (χ0v) is 29.8. The number of hydrogen-bond acceptors (Lipinski definition) is 8. The van der Waals surface area contributed by atoms with Gasteiger partial charge in [-0.2, -0.15) is 18.3 Å². The van der Waals surface area contributed by atoms with Crippen LogP contribution in [0, 0.1) is 24.7 Å². The molecule has 52 heavy (non-hydrogen) atoms. The highest BCUT2D eigenvalue weighted by Gasteiger charge is 2.62. The van der Waals surface area contributed by atoms with E-state index in [0.29, 0.717) is 31.5 Å². The number of nitrogens with one attached hydrogen (secondary N) is 3. The largest absolute Gasteiger partial charge is 0.446 e. The first-order valence-corrected chi connectivity index (χ1v) is 18.6. The molecule has 1 heterocycles. The van der Waals surface area contributed by atoms with Crippen LogP contribution in [0.25, 0.3) is 5.69 Å². The van der Waals surface area contributed by atoms with Crippen molar-refractivity contribution in [2.45, 2.75) is 81.4 Å². The van der Waals surface area contributed by atoms with E-state index in [1.165, 1.54) is 21.9 Å². The smallest absolute Gasteiger partial charge is 0.416 e.